The predicted molar refractivity (Wildman–Crippen MR) is 191 cm³/mol. The van der Waals surface area contributed by atoms with Crippen molar-refractivity contribution in [3.8, 4) is 6.07 Å². The molecule has 3 rings (SSSR count). The van der Waals surface area contributed by atoms with Crippen LogP contribution in [0.25, 0.3) is 0 Å². The van der Waals surface area contributed by atoms with Gasteiger partial charge in [0, 0.05) is 45.1 Å². The molecule has 2 aliphatic heterocycles. The maximum absolute atomic E-state index is 13.4. The molecule has 0 aromatic rings. The van der Waals surface area contributed by atoms with Crippen molar-refractivity contribution >= 4 is 18.0 Å². The van der Waals surface area contributed by atoms with Crippen LogP contribution in [0.2, 0.25) is 0 Å². The molecule has 50 heavy (non-hydrogen) atoms. The molecular formula is C39H63N3O8. The van der Waals surface area contributed by atoms with E-state index in [1.165, 1.54) is 0 Å². The Morgan fingerprint density at radius 3 is 2.30 bits per heavy atom. The van der Waals surface area contributed by atoms with E-state index < -0.39 is 35.8 Å². The van der Waals surface area contributed by atoms with Crippen LogP contribution in [0.1, 0.15) is 99.8 Å². The first-order valence-corrected chi connectivity index (χ1v) is 18.8. The number of carbonyl (C=O) groups is 3. The highest BCUT2D eigenvalue weighted by molar-refractivity contribution is 5.74. The summed E-state index contributed by atoms with van der Waals surface area (Å²) in [6.45, 7) is 16.9. The van der Waals surface area contributed by atoms with Gasteiger partial charge in [0.1, 0.15) is 18.3 Å². The molecule has 2 N–H and O–H groups in total. The van der Waals surface area contributed by atoms with Crippen LogP contribution in [0.4, 0.5) is 4.79 Å². The summed E-state index contributed by atoms with van der Waals surface area (Å²) < 4.78 is 17.3. The van der Waals surface area contributed by atoms with E-state index >= 15 is 0 Å². The maximum Gasteiger partial charge on any atom is 0.410 e. The van der Waals surface area contributed by atoms with Crippen LogP contribution in [0.3, 0.4) is 0 Å². The number of aliphatic hydroxyl groups is 2. The lowest BCUT2D eigenvalue weighted by Crippen LogP contribution is -2.50. The maximum atomic E-state index is 13.4. The number of piperazine rings is 1. The molecule has 282 valence electrons. The summed E-state index contributed by atoms with van der Waals surface area (Å²) in [4.78, 5) is 42.9. The number of ether oxygens (including phenoxy) is 3. The van der Waals surface area contributed by atoms with E-state index in [0.717, 1.165) is 25.7 Å². The standard InChI is InChI=1S/C39H63N3O8/c1-26-21-27(2)23-29(4)36(45)30(25-40)11-8-9-14-34(49-35(44)24-33(43)28(3)22-26)31-12-10-13-32(31)37(46)48-20-19-41-15-17-42(18-16-41)38(47)50-39(5,6)7/h8-9,11,26-29,31-34,36,43,45H,10,12-24H2,1-7H3/b9-8+,30-11-/t26-,27+,28-,29-,31+,32+,33-,34-,36+/m0/s1. The van der Waals surface area contributed by atoms with Gasteiger partial charge in [0.25, 0.3) is 0 Å². The van der Waals surface area contributed by atoms with Gasteiger partial charge < -0.3 is 29.3 Å². The second kappa shape index (κ2) is 19.6. The third-order valence-electron chi connectivity index (χ3n) is 10.5. The Morgan fingerprint density at radius 1 is 1.00 bits per heavy atom. The van der Waals surface area contributed by atoms with Crippen LogP contribution in [0.15, 0.2) is 23.8 Å². The fourth-order valence-electron chi connectivity index (χ4n) is 7.82. The number of hydrogen-bond acceptors (Lipinski definition) is 10. The molecular weight excluding hydrogens is 638 g/mol. The molecule has 1 amide bonds. The van der Waals surface area contributed by atoms with Gasteiger partial charge in [0.05, 0.1) is 36.2 Å². The summed E-state index contributed by atoms with van der Waals surface area (Å²) in [7, 11) is 0. The van der Waals surface area contributed by atoms with E-state index in [0.29, 0.717) is 63.8 Å². The van der Waals surface area contributed by atoms with E-state index in [2.05, 4.69) is 24.8 Å². The summed E-state index contributed by atoms with van der Waals surface area (Å²) >= 11 is 0. The summed E-state index contributed by atoms with van der Waals surface area (Å²) in [6, 6.07) is 2.15. The Hall–Kier alpha value is -2.94. The number of amides is 1. The monoisotopic (exact) mass is 701 g/mol. The molecule has 0 radical (unpaired) electrons. The van der Waals surface area contributed by atoms with Crippen molar-refractivity contribution in [2.45, 2.75) is 124 Å². The Labute approximate surface area is 300 Å². The van der Waals surface area contributed by atoms with E-state index in [1.54, 1.807) is 17.1 Å². The van der Waals surface area contributed by atoms with Gasteiger partial charge in [-0.15, -0.1) is 0 Å². The number of nitriles is 1. The molecule has 0 bridgehead atoms. The van der Waals surface area contributed by atoms with Gasteiger partial charge in [-0.1, -0.05) is 46.3 Å². The highest BCUT2D eigenvalue weighted by atomic mass is 16.6. The number of nitrogens with zero attached hydrogens (tertiary/aromatic N) is 3. The Kier molecular flexibility index (Phi) is 16.3. The number of hydrogen-bond donors (Lipinski definition) is 2. The van der Waals surface area contributed by atoms with Crippen LogP contribution >= 0.6 is 0 Å². The van der Waals surface area contributed by atoms with Crippen molar-refractivity contribution in [3.63, 3.8) is 0 Å². The van der Waals surface area contributed by atoms with Crippen LogP contribution in [0, 0.1) is 46.8 Å². The lowest BCUT2D eigenvalue weighted by molar-refractivity contribution is -0.161. The van der Waals surface area contributed by atoms with E-state index in [1.807, 2.05) is 40.7 Å². The molecule has 2 heterocycles. The molecule has 0 spiro atoms. The molecule has 11 heteroatoms. The highest BCUT2D eigenvalue weighted by Crippen LogP contribution is 2.38. The van der Waals surface area contributed by atoms with Gasteiger partial charge >= 0.3 is 18.0 Å². The third kappa shape index (κ3) is 13.3. The number of aliphatic hydroxyl groups excluding tert-OH is 2. The predicted octanol–water partition coefficient (Wildman–Crippen LogP) is 5.65. The molecule has 1 saturated heterocycles. The van der Waals surface area contributed by atoms with Gasteiger partial charge in [-0.05, 0) is 82.6 Å². The molecule has 0 unspecified atom stereocenters. The number of esters is 2. The second-order valence-corrected chi connectivity index (χ2v) is 16.2. The average molecular weight is 702 g/mol. The van der Waals surface area contributed by atoms with Crippen molar-refractivity contribution in [2.24, 2.45) is 35.5 Å². The zero-order valence-electron chi connectivity index (χ0n) is 31.5. The van der Waals surface area contributed by atoms with Crippen molar-refractivity contribution in [2.75, 3.05) is 39.3 Å². The fraction of sp³-hybridized carbons (Fsp3) is 0.795. The number of rotatable bonds is 5. The molecule has 0 aromatic heterocycles. The molecule has 1 aliphatic carbocycles. The fourth-order valence-corrected chi connectivity index (χ4v) is 7.82. The zero-order valence-corrected chi connectivity index (χ0v) is 31.5. The van der Waals surface area contributed by atoms with Gasteiger partial charge in [0.2, 0.25) is 0 Å². The topological polar surface area (TPSA) is 150 Å². The second-order valence-electron chi connectivity index (χ2n) is 16.2. The molecule has 11 nitrogen and oxygen atoms in total. The van der Waals surface area contributed by atoms with Gasteiger partial charge in [-0.25, -0.2) is 4.79 Å². The molecule has 3 aliphatic rings. The lowest BCUT2D eigenvalue weighted by Gasteiger charge is -2.35. The zero-order chi connectivity index (χ0) is 37.0. The normalized spacial score (nSPS) is 34.6. The Morgan fingerprint density at radius 2 is 1.66 bits per heavy atom. The largest absolute Gasteiger partial charge is 0.464 e. The summed E-state index contributed by atoms with van der Waals surface area (Å²) in [5.41, 5.74) is -0.259. The average Bonchev–Trinajstić information content (AvgIpc) is 3.53. The first kappa shape index (κ1) is 41.5. The lowest BCUT2D eigenvalue weighted by atomic mass is 9.82. The molecule has 0 aromatic carbocycles. The van der Waals surface area contributed by atoms with Crippen LogP contribution in [-0.4, -0.2) is 101 Å². The van der Waals surface area contributed by atoms with Gasteiger partial charge in [-0.2, -0.15) is 5.26 Å². The smallest absolute Gasteiger partial charge is 0.410 e. The molecule has 2 fully saturated rings. The van der Waals surface area contributed by atoms with E-state index in [-0.39, 0.29) is 48.4 Å². The summed E-state index contributed by atoms with van der Waals surface area (Å²) in [5.74, 6) is -1.05. The van der Waals surface area contributed by atoms with Crippen molar-refractivity contribution < 1.29 is 38.8 Å². The minimum absolute atomic E-state index is 0.0980. The first-order valence-electron chi connectivity index (χ1n) is 18.8. The van der Waals surface area contributed by atoms with Gasteiger partial charge in [0.15, 0.2) is 0 Å². The molecule has 9 atom stereocenters. The van der Waals surface area contributed by atoms with Crippen LogP contribution in [0.5, 0.6) is 0 Å². The van der Waals surface area contributed by atoms with E-state index in [9.17, 15) is 29.9 Å². The van der Waals surface area contributed by atoms with Crippen LogP contribution in [-0.2, 0) is 23.8 Å². The van der Waals surface area contributed by atoms with Crippen molar-refractivity contribution in [1.29, 1.82) is 5.26 Å². The summed E-state index contributed by atoms with van der Waals surface area (Å²) in [6.07, 6.45) is 7.26. The number of cyclic esters (lactones) is 1. The Balaban J connectivity index is 1.66. The highest BCUT2D eigenvalue weighted by Gasteiger charge is 2.41. The minimum atomic E-state index is -0.890. The van der Waals surface area contributed by atoms with Crippen molar-refractivity contribution in [1.82, 2.24) is 9.80 Å². The quantitative estimate of drug-likeness (QED) is 0.272. The van der Waals surface area contributed by atoms with E-state index in [4.69, 9.17) is 14.2 Å². The third-order valence-corrected chi connectivity index (χ3v) is 10.5. The number of allylic oxidation sites excluding steroid dienone is 2. The number of carbonyl (C=O) groups excluding carboxylic acids is 3. The SMILES string of the molecule is C[C@@H]1C[C@H](C)C[C@H](C)[C@@H](O)CC(=O)O[C@H]([C@@H]2CCC[C@H]2C(=O)OCCN2CCN(C(=O)OC(C)(C)C)CC2)C/C=C/C=C(/C#N)[C@H](O)[C@@H](C)C1. The van der Waals surface area contributed by atoms with Crippen molar-refractivity contribution in [3.05, 3.63) is 23.8 Å². The Bertz CT molecular complexity index is 1210. The summed E-state index contributed by atoms with van der Waals surface area (Å²) in [5, 5.41) is 31.7. The first-order chi connectivity index (χ1) is 23.6. The minimum Gasteiger partial charge on any atom is -0.464 e. The van der Waals surface area contributed by atoms with Gasteiger partial charge in [-0.3, -0.25) is 14.5 Å². The van der Waals surface area contributed by atoms with Crippen LogP contribution < -0.4 is 0 Å². The molecule has 1 saturated carbocycles.